The predicted octanol–water partition coefficient (Wildman–Crippen LogP) is 3.15. The van der Waals surface area contributed by atoms with E-state index in [-0.39, 0.29) is 17.8 Å². The zero-order chi connectivity index (χ0) is 16.4. The number of hydrogen-bond acceptors (Lipinski definition) is 4. The highest BCUT2D eigenvalue weighted by molar-refractivity contribution is 7.13. The molecule has 2 aromatic rings. The Morgan fingerprint density at radius 3 is 2.74 bits per heavy atom. The van der Waals surface area contributed by atoms with Crippen LogP contribution in [0.5, 0.6) is 0 Å². The van der Waals surface area contributed by atoms with E-state index in [0.29, 0.717) is 35.3 Å². The lowest BCUT2D eigenvalue weighted by molar-refractivity contribution is 0.0676. The Bertz CT molecular complexity index is 693. The van der Waals surface area contributed by atoms with Crippen LogP contribution in [0.15, 0.2) is 29.6 Å². The van der Waals surface area contributed by atoms with Crippen molar-refractivity contribution in [2.75, 3.05) is 13.1 Å². The first-order valence-electron chi connectivity index (χ1n) is 7.81. The second-order valence-electron chi connectivity index (χ2n) is 6.01. The van der Waals surface area contributed by atoms with Gasteiger partial charge in [0.05, 0.1) is 0 Å². The molecule has 0 spiro atoms. The molecule has 122 valence electrons. The number of amides is 1. The molecule has 3 rings (SSSR count). The van der Waals surface area contributed by atoms with E-state index in [1.807, 2.05) is 11.8 Å². The Balaban J connectivity index is 1.71. The average Bonchev–Trinajstić information content (AvgIpc) is 3.04. The minimum absolute atomic E-state index is 0.0769. The SMILES string of the molecule is CC(N)C1CCN(C(=O)c2csc(-c3ccccc3F)n2)CC1. The van der Waals surface area contributed by atoms with Crippen molar-refractivity contribution in [3.63, 3.8) is 0 Å². The number of halogens is 1. The van der Waals surface area contributed by atoms with Crippen molar-refractivity contribution >= 4 is 17.2 Å². The van der Waals surface area contributed by atoms with Crippen LogP contribution in [0.1, 0.15) is 30.3 Å². The molecule has 2 heterocycles. The van der Waals surface area contributed by atoms with E-state index in [1.54, 1.807) is 23.6 Å². The summed E-state index contributed by atoms with van der Waals surface area (Å²) in [6, 6.07) is 6.65. The van der Waals surface area contributed by atoms with Gasteiger partial charge in [-0.25, -0.2) is 9.37 Å². The first-order valence-corrected chi connectivity index (χ1v) is 8.69. The molecule has 1 aromatic carbocycles. The number of rotatable bonds is 3. The van der Waals surface area contributed by atoms with Crippen LogP contribution in [0.4, 0.5) is 4.39 Å². The molecular formula is C17H20FN3OS. The molecule has 1 fully saturated rings. The molecule has 0 bridgehead atoms. The first-order chi connectivity index (χ1) is 11.1. The molecule has 1 saturated heterocycles. The highest BCUT2D eigenvalue weighted by atomic mass is 32.1. The highest BCUT2D eigenvalue weighted by Gasteiger charge is 2.26. The van der Waals surface area contributed by atoms with E-state index in [4.69, 9.17) is 5.73 Å². The molecular weight excluding hydrogens is 313 g/mol. The number of carbonyl (C=O) groups is 1. The van der Waals surface area contributed by atoms with Crippen molar-refractivity contribution in [2.24, 2.45) is 11.7 Å². The lowest BCUT2D eigenvalue weighted by Crippen LogP contribution is -2.42. The van der Waals surface area contributed by atoms with E-state index >= 15 is 0 Å². The summed E-state index contributed by atoms with van der Waals surface area (Å²) in [5.41, 5.74) is 6.77. The van der Waals surface area contributed by atoms with Gasteiger partial charge >= 0.3 is 0 Å². The van der Waals surface area contributed by atoms with Crippen LogP contribution in [0.2, 0.25) is 0 Å². The summed E-state index contributed by atoms with van der Waals surface area (Å²) < 4.78 is 13.8. The lowest BCUT2D eigenvalue weighted by Gasteiger charge is -2.33. The molecule has 23 heavy (non-hydrogen) atoms. The predicted molar refractivity (Wildman–Crippen MR) is 89.8 cm³/mol. The molecule has 6 heteroatoms. The van der Waals surface area contributed by atoms with E-state index in [2.05, 4.69) is 4.98 Å². The number of nitrogens with zero attached hydrogens (tertiary/aromatic N) is 2. The number of hydrogen-bond donors (Lipinski definition) is 1. The molecule has 1 unspecified atom stereocenters. The molecule has 1 aliphatic heterocycles. The number of carbonyl (C=O) groups excluding carboxylic acids is 1. The Labute approximate surface area is 139 Å². The number of piperidine rings is 1. The van der Waals surface area contributed by atoms with Gasteiger partial charge in [0.15, 0.2) is 0 Å². The number of aromatic nitrogens is 1. The molecule has 0 aliphatic carbocycles. The molecule has 0 radical (unpaired) electrons. The molecule has 1 atom stereocenters. The third kappa shape index (κ3) is 3.43. The van der Waals surface area contributed by atoms with Crippen molar-refractivity contribution in [2.45, 2.75) is 25.8 Å². The standard InChI is InChI=1S/C17H20FN3OS/c1-11(19)12-6-8-21(9-7-12)17(22)15-10-23-16(20-15)13-4-2-3-5-14(13)18/h2-5,10-12H,6-9,19H2,1H3. The lowest BCUT2D eigenvalue weighted by atomic mass is 9.91. The Morgan fingerprint density at radius 1 is 1.39 bits per heavy atom. The van der Waals surface area contributed by atoms with Crippen LogP contribution in [-0.4, -0.2) is 34.9 Å². The number of nitrogens with two attached hydrogens (primary N) is 1. The maximum Gasteiger partial charge on any atom is 0.273 e. The van der Waals surface area contributed by atoms with Gasteiger partial charge in [-0.2, -0.15) is 0 Å². The van der Waals surface area contributed by atoms with E-state index < -0.39 is 0 Å². The van der Waals surface area contributed by atoms with Gasteiger partial charge in [0.1, 0.15) is 16.5 Å². The van der Waals surface area contributed by atoms with Gasteiger partial charge < -0.3 is 10.6 Å². The molecule has 1 aliphatic rings. The summed E-state index contributed by atoms with van der Waals surface area (Å²) in [6.07, 6.45) is 1.85. The van der Waals surface area contributed by atoms with Crippen molar-refractivity contribution in [3.05, 3.63) is 41.2 Å². The van der Waals surface area contributed by atoms with Gasteiger partial charge in [0.25, 0.3) is 5.91 Å². The van der Waals surface area contributed by atoms with Gasteiger partial charge in [0, 0.05) is 30.1 Å². The molecule has 1 amide bonds. The largest absolute Gasteiger partial charge is 0.337 e. The van der Waals surface area contributed by atoms with Crippen molar-refractivity contribution in [3.8, 4) is 10.6 Å². The van der Waals surface area contributed by atoms with E-state index in [1.165, 1.54) is 17.4 Å². The van der Waals surface area contributed by atoms with Crippen LogP contribution in [-0.2, 0) is 0 Å². The molecule has 1 aromatic heterocycles. The van der Waals surface area contributed by atoms with Gasteiger partial charge in [-0.05, 0) is 37.8 Å². The van der Waals surface area contributed by atoms with Crippen molar-refractivity contribution in [1.82, 2.24) is 9.88 Å². The quantitative estimate of drug-likeness (QED) is 0.939. The highest BCUT2D eigenvalue weighted by Crippen LogP contribution is 2.27. The van der Waals surface area contributed by atoms with Gasteiger partial charge in [-0.1, -0.05) is 12.1 Å². The van der Waals surface area contributed by atoms with Crippen LogP contribution in [0.3, 0.4) is 0 Å². The number of likely N-dealkylation sites (tertiary alicyclic amines) is 1. The zero-order valence-corrected chi connectivity index (χ0v) is 13.9. The van der Waals surface area contributed by atoms with Gasteiger partial charge in [-0.3, -0.25) is 4.79 Å². The minimum atomic E-state index is -0.321. The second kappa shape index (κ2) is 6.76. The maximum absolute atomic E-state index is 13.8. The summed E-state index contributed by atoms with van der Waals surface area (Å²) in [6.45, 7) is 3.43. The van der Waals surface area contributed by atoms with E-state index in [9.17, 15) is 9.18 Å². The van der Waals surface area contributed by atoms with Crippen LogP contribution in [0, 0.1) is 11.7 Å². The Hall–Kier alpha value is -1.79. The fourth-order valence-electron chi connectivity index (χ4n) is 2.92. The number of thiazole rings is 1. The average molecular weight is 333 g/mol. The maximum atomic E-state index is 13.8. The molecule has 0 saturated carbocycles. The van der Waals surface area contributed by atoms with Crippen LogP contribution < -0.4 is 5.73 Å². The minimum Gasteiger partial charge on any atom is -0.337 e. The molecule has 4 nitrogen and oxygen atoms in total. The fraction of sp³-hybridized carbons (Fsp3) is 0.412. The summed E-state index contributed by atoms with van der Waals surface area (Å²) >= 11 is 1.30. The Morgan fingerprint density at radius 2 is 2.09 bits per heavy atom. The van der Waals surface area contributed by atoms with Crippen LogP contribution in [0.25, 0.3) is 10.6 Å². The van der Waals surface area contributed by atoms with Crippen molar-refractivity contribution < 1.29 is 9.18 Å². The summed E-state index contributed by atoms with van der Waals surface area (Å²) in [5.74, 6) is 0.0778. The number of benzene rings is 1. The monoisotopic (exact) mass is 333 g/mol. The summed E-state index contributed by atoms with van der Waals surface area (Å²) in [5, 5.41) is 2.25. The smallest absolute Gasteiger partial charge is 0.273 e. The zero-order valence-electron chi connectivity index (χ0n) is 13.0. The third-order valence-electron chi connectivity index (χ3n) is 4.40. The molecule has 2 N–H and O–H groups in total. The van der Waals surface area contributed by atoms with Gasteiger partial charge in [-0.15, -0.1) is 11.3 Å². The third-order valence-corrected chi connectivity index (χ3v) is 5.27. The second-order valence-corrected chi connectivity index (χ2v) is 6.86. The fourth-order valence-corrected chi connectivity index (χ4v) is 3.74. The summed E-state index contributed by atoms with van der Waals surface area (Å²) in [4.78, 5) is 18.7. The van der Waals surface area contributed by atoms with E-state index in [0.717, 1.165) is 12.8 Å². The topological polar surface area (TPSA) is 59.2 Å². The summed E-state index contributed by atoms with van der Waals surface area (Å²) in [7, 11) is 0. The normalized spacial score (nSPS) is 17.3. The van der Waals surface area contributed by atoms with Crippen LogP contribution >= 0.6 is 11.3 Å². The van der Waals surface area contributed by atoms with Gasteiger partial charge in [0.2, 0.25) is 0 Å². The first kappa shape index (κ1) is 16.1. The Kier molecular flexibility index (Phi) is 4.73. The van der Waals surface area contributed by atoms with Crippen molar-refractivity contribution in [1.29, 1.82) is 0 Å².